The van der Waals surface area contributed by atoms with Crippen molar-refractivity contribution >= 4 is 24.5 Å². The molecule has 1 heterocycles. The van der Waals surface area contributed by atoms with Crippen molar-refractivity contribution in [2.45, 2.75) is 30.6 Å². The normalized spacial score (nSPS) is 23.3. The Labute approximate surface area is 165 Å². The van der Waals surface area contributed by atoms with Gasteiger partial charge in [0.25, 0.3) is 0 Å². The fraction of sp³-hybridized carbons (Fsp3) is 0.348. The maximum Gasteiger partial charge on any atom is 0.157 e. The number of hydrogen-bond acceptors (Lipinski definition) is 3. The first-order chi connectivity index (χ1) is 13.1. The molecule has 4 rings (SSSR count). The Morgan fingerprint density at radius 3 is 2.48 bits per heavy atom. The fourth-order valence-corrected chi connectivity index (χ4v) is 4.11. The molecule has 0 aromatic heterocycles. The average molecular weight is 382 g/mol. The van der Waals surface area contributed by atoms with Crippen molar-refractivity contribution in [1.29, 1.82) is 0 Å². The van der Waals surface area contributed by atoms with Gasteiger partial charge < -0.3 is 0 Å². The van der Waals surface area contributed by atoms with E-state index in [1.165, 1.54) is 11.6 Å². The molecular weight excluding hydrogens is 357 g/mol. The van der Waals surface area contributed by atoms with Gasteiger partial charge in [0.15, 0.2) is 5.78 Å². The van der Waals surface area contributed by atoms with Crippen LogP contribution in [0.4, 0.5) is 4.39 Å². The van der Waals surface area contributed by atoms with Gasteiger partial charge in [-0.3, -0.25) is 9.69 Å². The first-order valence-electron chi connectivity index (χ1n) is 9.59. The van der Waals surface area contributed by atoms with Gasteiger partial charge in [0.05, 0.1) is 6.04 Å². The van der Waals surface area contributed by atoms with Crippen molar-refractivity contribution < 1.29 is 9.18 Å². The highest BCUT2D eigenvalue weighted by atomic mass is 32.1. The van der Waals surface area contributed by atoms with E-state index < -0.39 is 6.04 Å². The second-order valence-electron chi connectivity index (χ2n) is 7.51. The minimum atomic E-state index is -0.501. The van der Waals surface area contributed by atoms with E-state index in [2.05, 4.69) is 23.1 Å². The van der Waals surface area contributed by atoms with Crippen LogP contribution in [0.3, 0.4) is 0 Å². The molecular formula is C23H24FNOS. The molecule has 0 radical (unpaired) electrons. The predicted octanol–water partition coefficient (Wildman–Crippen LogP) is 4.93. The van der Waals surface area contributed by atoms with Crippen LogP contribution in [0.5, 0.6) is 0 Å². The second-order valence-corrected chi connectivity index (χ2v) is 8.13. The minimum absolute atomic E-state index is 0.0879. The van der Waals surface area contributed by atoms with Gasteiger partial charge in [0.2, 0.25) is 0 Å². The predicted molar refractivity (Wildman–Crippen MR) is 110 cm³/mol. The highest BCUT2D eigenvalue weighted by molar-refractivity contribution is 7.81. The summed E-state index contributed by atoms with van der Waals surface area (Å²) in [5.41, 5.74) is 2.82. The Bertz CT molecular complexity index is 846. The van der Waals surface area contributed by atoms with Crippen LogP contribution in [0.2, 0.25) is 0 Å². The molecule has 2 atom stereocenters. The van der Waals surface area contributed by atoms with Crippen LogP contribution in [-0.2, 0) is 4.79 Å². The lowest BCUT2D eigenvalue weighted by atomic mass is 9.93. The highest BCUT2D eigenvalue weighted by Crippen LogP contribution is 2.39. The molecule has 0 N–H and O–H groups in total. The van der Waals surface area contributed by atoms with E-state index >= 15 is 0 Å². The van der Waals surface area contributed by atoms with E-state index in [0.29, 0.717) is 12.1 Å². The number of rotatable bonds is 5. The summed E-state index contributed by atoms with van der Waals surface area (Å²) in [6.07, 6.45) is 4.87. The molecule has 1 saturated carbocycles. The van der Waals surface area contributed by atoms with Gasteiger partial charge >= 0.3 is 0 Å². The van der Waals surface area contributed by atoms with Crippen LogP contribution in [0.1, 0.15) is 36.4 Å². The van der Waals surface area contributed by atoms with Crippen LogP contribution in [-0.4, -0.2) is 29.0 Å². The molecule has 0 bridgehead atoms. The van der Waals surface area contributed by atoms with E-state index in [4.69, 9.17) is 12.6 Å². The smallest absolute Gasteiger partial charge is 0.157 e. The zero-order valence-electron chi connectivity index (χ0n) is 15.2. The summed E-state index contributed by atoms with van der Waals surface area (Å²) in [5, 5.41) is 0.166. The van der Waals surface area contributed by atoms with E-state index in [0.717, 1.165) is 31.4 Å². The molecule has 2 nitrogen and oxygen atoms in total. The maximum atomic E-state index is 14.6. The Hall–Kier alpha value is -1.91. The molecule has 2 aliphatic rings. The standard InChI is InChI=1S/C23H24FNOS/c24-20-9-5-4-8-19(20)22(23(26)17-10-11-17)25-13-12-21(27)18(15-25)14-16-6-2-1-3-7-16/h1-9,14,17,21-22,27H,10-13,15H2. The number of halogens is 1. The molecule has 140 valence electrons. The van der Waals surface area contributed by atoms with Gasteiger partial charge in [0, 0.05) is 29.8 Å². The summed E-state index contributed by atoms with van der Waals surface area (Å²) < 4.78 is 14.6. The second kappa shape index (κ2) is 7.99. The third-order valence-electron chi connectivity index (χ3n) is 5.47. The van der Waals surface area contributed by atoms with Crippen LogP contribution < -0.4 is 0 Å². The van der Waals surface area contributed by atoms with Crippen LogP contribution in [0.15, 0.2) is 60.2 Å². The Kier molecular flexibility index (Phi) is 5.46. The zero-order valence-corrected chi connectivity index (χ0v) is 16.1. The molecule has 1 aliphatic carbocycles. The fourth-order valence-electron chi connectivity index (χ4n) is 3.84. The van der Waals surface area contributed by atoms with Crippen LogP contribution in [0, 0.1) is 11.7 Å². The van der Waals surface area contributed by atoms with Crippen molar-refractivity contribution in [3.05, 3.63) is 77.1 Å². The molecule has 27 heavy (non-hydrogen) atoms. The van der Waals surface area contributed by atoms with Gasteiger partial charge in [-0.25, -0.2) is 4.39 Å². The van der Waals surface area contributed by atoms with Gasteiger partial charge in [-0.05, 0) is 36.5 Å². The summed E-state index contributed by atoms with van der Waals surface area (Å²) >= 11 is 4.75. The van der Waals surface area contributed by atoms with Gasteiger partial charge in [-0.1, -0.05) is 54.6 Å². The molecule has 0 amide bonds. The average Bonchev–Trinajstić information content (AvgIpc) is 3.52. The number of ketones is 1. The van der Waals surface area contributed by atoms with Gasteiger partial charge in [-0.15, -0.1) is 0 Å². The number of Topliss-reactive ketones (excluding diaryl/α,β-unsaturated/α-hetero) is 1. The SMILES string of the molecule is O=C(C1CC1)C(c1ccccc1F)N1CCC(S)C(=Cc2ccccc2)C1. The number of carbonyl (C=O) groups excluding carboxylic acids is 1. The number of thiol groups is 1. The van der Waals surface area contributed by atoms with Crippen molar-refractivity contribution in [3.8, 4) is 0 Å². The van der Waals surface area contributed by atoms with E-state index in [1.807, 2.05) is 24.3 Å². The number of carbonyl (C=O) groups is 1. The third-order valence-corrected chi connectivity index (χ3v) is 6.06. The third kappa shape index (κ3) is 4.17. The molecule has 1 aliphatic heterocycles. The Morgan fingerprint density at radius 2 is 1.78 bits per heavy atom. The molecule has 2 unspecified atom stereocenters. The van der Waals surface area contributed by atoms with Crippen LogP contribution >= 0.6 is 12.6 Å². The molecule has 2 aromatic rings. The van der Waals surface area contributed by atoms with Gasteiger partial charge in [-0.2, -0.15) is 12.6 Å². The van der Waals surface area contributed by atoms with Crippen molar-refractivity contribution in [2.24, 2.45) is 5.92 Å². The number of nitrogens with zero attached hydrogens (tertiary/aromatic N) is 1. The first-order valence-corrected chi connectivity index (χ1v) is 10.1. The molecule has 2 fully saturated rings. The minimum Gasteiger partial charge on any atom is -0.297 e. The molecule has 0 spiro atoms. The monoisotopic (exact) mass is 381 g/mol. The number of likely N-dealkylation sites (tertiary alicyclic amines) is 1. The lowest BCUT2D eigenvalue weighted by molar-refractivity contribution is -0.126. The quantitative estimate of drug-likeness (QED) is 0.741. The summed E-state index contributed by atoms with van der Waals surface area (Å²) in [7, 11) is 0. The van der Waals surface area contributed by atoms with E-state index in [-0.39, 0.29) is 22.8 Å². The number of benzene rings is 2. The topological polar surface area (TPSA) is 20.3 Å². The van der Waals surface area contributed by atoms with Crippen molar-refractivity contribution in [1.82, 2.24) is 4.90 Å². The summed E-state index contributed by atoms with van der Waals surface area (Å²) in [4.78, 5) is 15.2. The molecule has 4 heteroatoms. The van der Waals surface area contributed by atoms with Gasteiger partial charge in [0.1, 0.15) is 5.82 Å². The number of piperidine rings is 1. The summed E-state index contributed by atoms with van der Waals surface area (Å²) in [6.45, 7) is 1.39. The van der Waals surface area contributed by atoms with Crippen molar-refractivity contribution in [2.75, 3.05) is 13.1 Å². The largest absolute Gasteiger partial charge is 0.297 e. The summed E-state index contributed by atoms with van der Waals surface area (Å²) in [5.74, 6) is -0.0419. The first kappa shape index (κ1) is 18.5. The van der Waals surface area contributed by atoms with Crippen molar-refractivity contribution in [3.63, 3.8) is 0 Å². The van der Waals surface area contributed by atoms with E-state index in [9.17, 15) is 9.18 Å². The highest BCUT2D eigenvalue weighted by Gasteiger charge is 2.40. The van der Waals surface area contributed by atoms with Crippen LogP contribution in [0.25, 0.3) is 6.08 Å². The van der Waals surface area contributed by atoms with E-state index in [1.54, 1.807) is 12.1 Å². The molecule has 1 saturated heterocycles. The zero-order chi connectivity index (χ0) is 18.8. The lowest BCUT2D eigenvalue weighted by Crippen LogP contribution is -2.42. The maximum absolute atomic E-state index is 14.6. The summed E-state index contributed by atoms with van der Waals surface area (Å²) in [6, 6.07) is 16.4. The number of hydrogen-bond donors (Lipinski definition) is 1. The molecule has 2 aromatic carbocycles. The Balaban J connectivity index is 1.65. The lowest BCUT2D eigenvalue weighted by Gasteiger charge is -2.37. The Morgan fingerprint density at radius 1 is 1.07 bits per heavy atom.